The molecule has 0 radical (unpaired) electrons. The van der Waals surface area contributed by atoms with Crippen LogP contribution < -0.4 is 4.74 Å². The Balaban J connectivity index is 1.26. The fourth-order valence-corrected chi connectivity index (χ4v) is 5.77. The second kappa shape index (κ2) is 8.87. The predicted octanol–water partition coefficient (Wildman–Crippen LogP) is 7.00. The third kappa shape index (κ3) is 3.83. The second-order valence-corrected chi connectivity index (χ2v) is 10.1. The molecule has 1 fully saturated rings. The maximum Gasteiger partial charge on any atom is 0.181 e. The molecule has 6 aromatic heterocycles. The zero-order chi connectivity index (χ0) is 23.9. The van der Waals surface area contributed by atoms with E-state index in [1.807, 2.05) is 18.6 Å². The Morgan fingerprint density at radius 3 is 2.69 bits per heavy atom. The van der Waals surface area contributed by atoms with Crippen LogP contribution in [0.5, 0.6) is 5.75 Å². The van der Waals surface area contributed by atoms with Crippen LogP contribution in [-0.4, -0.2) is 36.2 Å². The van der Waals surface area contributed by atoms with Gasteiger partial charge in [0.1, 0.15) is 11.4 Å². The number of pyridine rings is 3. The van der Waals surface area contributed by atoms with Crippen molar-refractivity contribution < 1.29 is 4.74 Å². The Labute approximate surface area is 211 Å². The summed E-state index contributed by atoms with van der Waals surface area (Å²) in [5.41, 5.74) is 7.62. The quantitative estimate of drug-likeness (QED) is 0.270. The van der Waals surface area contributed by atoms with Gasteiger partial charge in [0, 0.05) is 40.5 Å². The maximum atomic E-state index is 6.25. The maximum absolute atomic E-state index is 6.25. The van der Waals surface area contributed by atoms with E-state index in [4.69, 9.17) is 4.74 Å². The van der Waals surface area contributed by atoms with Crippen molar-refractivity contribution >= 4 is 33.4 Å². The van der Waals surface area contributed by atoms with Gasteiger partial charge in [-0.05, 0) is 77.9 Å². The van der Waals surface area contributed by atoms with Crippen LogP contribution in [0, 0.1) is 0 Å². The Hall–Kier alpha value is -4.04. The van der Waals surface area contributed by atoms with Crippen molar-refractivity contribution in [1.29, 1.82) is 0 Å². The lowest BCUT2D eigenvalue weighted by Gasteiger charge is -2.23. The SMILES string of the molecule is c1cc(-c2ccsc2)c2cc(-c3[nH]nc4ncc(-c5cncc(OC6CCCCC6)c5)cc34)[nH]c2n1. The van der Waals surface area contributed by atoms with E-state index in [0.29, 0.717) is 5.65 Å². The number of thiophene rings is 1. The molecule has 0 spiro atoms. The fraction of sp³-hybridized carbons (Fsp3) is 0.214. The van der Waals surface area contributed by atoms with Crippen molar-refractivity contribution in [2.24, 2.45) is 0 Å². The molecule has 0 aliphatic heterocycles. The summed E-state index contributed by atoms with van der Waals surface area (Å²) in [7, 11) is 0. The van der Waals surface area contributed by atoms with Crippen LogP contribution in [0.25, 0.3) is 55.7 Å². The van der Waals surface area contributed by atoms with Crippen molar-refractivity contribution in [2.45, 2.75) is 38.2 Å². The fourth-order valence-electron chi connectivity index (χ4n) is 5.11. The number of fused-ring (bicyclic) bond motifs is 2. The minimum Gasteiger partial charge on any atom is -0.489 e. The molecule has 0 saturated heterocycles. The minimum absolute atomic E-state index is 0.284. The van der Waals surface area contributed by atoms with Crippen molar-refractivity contribution in [3.8, 4) is 39.4 Å². The Morgan fingerprint density at radius 1 is 0.889 bits per heavy atom. The van der Waals surface area contributed by atoms with E-state index >= 15 is 0 Å². The summed E-state index contributed by atoms with van der Waals surface area (Å²) < 4.78 is 6.25. The van der Waals surface area contributed by atoms with Crippen molar-refractivity contribution in [3.05, 3.63) is 65.9 Å². The molecule has 0 amide bonds. The lowest BCUT2D eigenvalue weighted by molar-refractivity contribution is 0.154. The van der Waals surface area contributed by atoms with E-state index in [9.17, 15) is 0 Å². The molecule has 0 atom stereocenters. The van der Waals surface area contributed by atoms with E-state index in [1.54, 1.807) is 17.5 Å². The highest BCUT2D eigenvalue weighted by Crippen LogP contribution is 2.35. The molecule has 7 nitrogen and oxygen atoms in total. The van der Waals surface area contributed by atoms with E-state index in [2.05, 4.69) is 71.2 Å². The smallest absolute Gasteiger partial charge is 0.181 e. The molecule has 8 heteroatoms. The number of hydrogen-bond donors (Lipinski definition) is 2. The molecule has 6 heterocycles. The molecule has 0 bridgehead atoms. The first kappa shape index (κ1) is 21.3. The summed E-state index contributed by atoms with van der Waals surface area (Å²) in [5, 5.41) is 13.9. The number of hydrogen-bond acceptors (Lipinski definition) is 6. The molecule has 1 saturated carbocycles. The third-order valence-electron chi connectivity index (χ3n) is 6.94. The van der Waals surface area contributed by atoms with Gasteiger partial charge in [-0.3, -0.25) is 10.1 Å². The number of nitrogens with one attached hydrogen (secondary N) is 2. The molecule has 2 N–H and O–H groups in total. The largest absolute Gasteiger partial charge is 0.489 e. The summed E-state index contributed by atoms with van der Waals surface area (Å²) in [6.07, 6.45) is 13.6. The van der Waals surface area contributed by atoms with E-state index in [0.717, 1.165) is 63.1 Å². The minimum atomic E-state index is 0.284. The van der Waals surface area contributed by atoms with Gasteiger partial charge >= 0.3 is 0 Å². The zero-order valence-electron chi connectivity index (χ0n) is 19.6. The van der Waals surface area contributed by atoms with Gasteiger partial charge in [0.2, 0.25) is 0 Å². The van der Waals surface area contributed by atoms with Crippen LogP contribution >= 0.6 is 11.3 Å². The number of aromatic amines is 2. The summed E-state index contributed by atoms with van der Waals surface area (Å²) in [6.45, 7) is 0. The summed E-state index contributed by atoms with van der Waals surface area (Å²) in [4.78, 5) is 17.1. The third-order valence-corrected chi connectivity index (χ3v) is 7.63. The zero-order valence-corrected chi connectivity index (χ0v) is 20.4. The molecule has 36 heavy (non-hydrogen) atoms. The highest BCUT2D eigenvalue weighted by molar-refractivity contribution is 7.08. The molecule has 1 aliphatic rings. The van der Waals surface area contributed by atoms with Crippen molar-refractivity contribution in [2.75, 3.05) is 0 Å². The van der Waals surface area contributed by atoms with Gasteiger partial charge in [0.25, 0.3) is 0 Å². The van der Waals surface area contributed by atoms with Gasteiger partial charge in [-0.1, -0.05) is 6.42 Å². The lowest BCUT2D eigenvalue weighted by atomic mass is 9.98. The lowest BCUT2D eigenvalue weighted by Crippen LogP contribution is -2.19. The molecule has 6 aromatic rings. The van der Waals surface area contributed by atoms with Crippen LogP contribution in [0.2, 0.25) is 0 Å². The highest BCUT2D eigenvalue weighted by atomic mass is 32.1. The van der Waals surface area contributed by atoms with Crippen LogP contribution in [-0.2, 0) is 0 Å². The normalized spacial score (nSPS) is 14.6. The first-order valence-corrected chi connectivity index (χ1v) is 13.2. The number of aromatic nitrogens is 6. The molecular formula is C28H24N6OS. The number of nitrogens with zero attached hydrogens (tertiary/aromatic N) is 4. The van der Waals surface area contributed by atoms with E-state index < -0.39 is 0 Å². The first-order valence-electron chi connectivity index (χ1n) is 12.3. The van der Waals surface area contributed by atoms with Gasteiger partial charge in [-0.15, -0.1) is 0 Å². The Kier molecular flexibility index (Phi) is 5.24. The van der Waals surface area contributed by atoms with E-state index in [1.165, 1.54) is 24.8 Å². The average Bonchev–Trinajstić information content (AvgIpc) is 3.68. The summed E-state index contributed by atoms with van der Waals surface area (Å²) >= 11 is 1.69. The van der Waals surface area contributed by atoms with Gasteiger partial charge in [-0.2, -0.15) is 16.4 Å². The van der Waals surface area contributed by atoms with Gasteiger partial charge in [0.15, 0.2) is 5.65 Å². The van der Waals surface area contributed by atoms with Gasteiger partial charge < -0.3 is 9.72 Å². The average molecular weight is 493 g/mol. The van der Waals surface area contributed by atoms with Crippen LogP contribution in [0.1, 0.15) is 32.1 Å². The van der Waals surface area contributed by atoms with E-state index in [-0.39, 0.29) is 6.10 Å². The van der Waals surface area contributed by atoms with Gasteiger partial charge in [-0.25, -0.2) is 9.97 Å². The van der Waals surface area contributed by atoms with Crippen LogP contribution in [0.15, 0.2) is 65.9 Å². The second-order valence-electron chi connectivity index (χ2n) is 9.30. The first-order chi connectivity index (χ1) is 17.8. The standard InChI is InChI=1S/C28H24N6OS/c1-2-4-20(5-3-1)35-21-10-18(13-29-15-21)19-11-24-26(33-34-28(24)31-14-19)25-12-23-22(17-7-9-36-16-17)6-8-30-27(23)32-25/h6-16,20H,1-5H2,(H,30,32)(H,31,33,34). The van der Waals surface area contributed by atoms with Gasteiger partial charge in [0.05, 0.1) is 23.7 Å². The molecule has 0 unspecified atom stereocenters. The topological polar surface area (TPSA) is 92.4 Å². The molecular weight excluding hydrogens is 468 g/mol. The Morgan fingerprint density at radius 2 is 1.81 bits per heavy atom. The van der Waals surface area contributed by atoms with Crippen molar-refractivity contribution in [3.63, 3.8) is 0 Å². The van der Waals surface area contributed by atoms with Crippen LogP contribution in [0.3, 0.4) is 0 Å². The molecule has 1 aliphatic carbocycles. The van der Waals surface area contributed by atoms with Crippen molar-refractivity contribution in [1.82, 2.24) is 30.1 Å². The summed E-state index contributed by atoms with van der Waals surface area (Å²) in [6, 6.07) is 10.5. The predicted molar refractivity (Wildman–Crippen MR) is 143 cm³/mol. The summed E-state index contributed by atoms with van der Waals surface area (Å²) in [5.74, 6) is 0.814. The molecule has 178 valence electrons. The van der Waals surface area contributed by atoms with Crippen LogP contribution in [0.4, 0.5) is 0 Å². The molecule has 0 aromatic carbocycles. The monoisotopic (exact) mass is 492 g/mol. The highest BCUT2D eigenvalue weighted by Gasteiger charge is 2.17. The number of ether oxygens (including phenoxy) is 1. The molecule has 7 rings (SSSR count). The Bertz CT molecular complexity index is 1660. The number of rotatable bonds is 5. The number of H-pyrrole nitrogens is 2.